The number of carboxylic acids is 1. The molecule has 0 spiro atoms. The van der Waals surface area contributed by atoms with Gasteiger partial charge in [-0.3, -0.25) is 9.52 Å². The number of hydrogen-bond donors (Lipinski definition) is 3. The topological polar surface area (TPSA) is 121 Å². The highest BCUT2D eigenvalue weighted by atomic mass is 32.2. The predicted molar refractivity (Wildman–Crippen MR) is 104 cm³/mol. The maximum absolute atomic E-state index is 12.7. The summed E-state index contributed by atoms with van der Waals surface area (Å²) in [4.78, 5) is 22.7. The Labute approximate surface area is 160 Å². The molecule has 0 atom stereocenters. The minimum Gasteiger partial charge on any atom is -0.502 e. The highest BCUT2D eigenvalue weighted by molar-refractivity contribution is 7.92. The summed E-state index contributed by atoms with van der Waals surface area (Å²) < 4.78 is 27.7. The van der Waals surface area contributed by atoms with Crippen molar-refractivity contribution in [3.63, 3.8) is 0 Å². The zero-order valence-electron chi connectivity index (χ0n) is 14.4. The van der Waals surface area contributed by atoms with E-state index in [1.54, 1.807) is 24.3 Å². The van der Waals surface area contributed by atoms with Gasteiger partial charge in [-0.25, -0.2) is 13.2 Å². The number of benzene rings is 3. The summed E-state index contributed by atoms with van der Waals surface area (Å²) >= 11 is 0. The van der Waals surface area contributed by atoms with Crippen LogP contribution in [0.1, 0.15) is 10.4 Å². The summed E-state index contributed by atoms with van der Waals surface area (Å²) in [5.74, 6) is -3.51. The number of carbonyl (C=O) groups is 2. The zero-order chi connectivity index (χ0) is 20.3. The highest BCUT2D eigenvalue weighted by Crippen LogP contribution is 2.22. The molecule has 3 N–H and O–H groups in total. The number of fused-ring (bicyclic) bond motifs is 1. The Morgan fingerprint density at radius 2 is 1.57 bits per heavy atom. The van der Waals surface area contributed by atoms with Gasteiger partial charge in [-0.1, -0.05) is 42.5 Å². The van der Waals surface area contributed by atoms with E-state index in [0.717, 1.165) is 10.8 Å². The third kappa shape index (κ3) is 4.18. The fourth-order valence-corrected chi connectivity index (χ4v) is 3.64. The van der Waals surface area contributed by atoms with Gasteiger partial charge in [0.05, 0.1) is 4.90 Å². The standard InChI is InChI=1S/C20H15NO6S/c22-18(12-19(23)20(24)25)15-6-3-7-16(10-15)21-28(26,27)17-9-8-13-4-1-2-5-14(13)11-17/h1-12,21,23H,(H,24,25)/b19-12+. The number of carboxylic acid groups (broad SMARTS) is 1. The second-order valence-electron chi connectivity index (χ2n) is 5.89. The maximum atomic E-state index is 12.7. The second-order valence-corrected chi connectivity index (χ2v) is 7.58. The molecule has 0 radical (unpaired) electrons. The van der Waals surface area contributed by atoms with Crippen molar-refractivity contribution >= 4 is 38.2 Å². The number of allylic oxidation sites excluding steroid dienone is 1. The van der Waals surface area contributed by atoms with Crippen LogP contribution >= 0.6 is 0 Å². The summed E-state index contributed by atoms with van der Waals surface area (Å²) in [6.45, 7) is 0. The third-order valence-electron chi connectivity index (χ3n) is 3.92. The van der Waals surface area contributed by atoms with E-state index in [9.17, 15) is 23.1 Å². The molecule has 0 aromatic heterocycles. The van der Waals surface area contributed by atoms with Crippen LogP contribution < -0.4 is 4.72 Å². The van der Waals surface area contributed by atoms with Crippen LogP contribution in [0.5, 0.6) is 0 Å². The van der Waals surface area contributed by atoms with E-state index in [1.165, 1.54) is 30.3 Å². The number of aliphatic hydroxyl groups excluding tert-OH is 1. The summed E-state index contributed by atoms with van der Waals surface area (Å²) in [6.07, 6.45) is 0.555. The average molecular weight is 397 g/mol. The van der Waals surface area contributed by atoms with Crippen molar-refractivity contribution in [2.45, 2.75) is 4.90 Å². The maximum Gasteiger partial charge on any atom is 0.371 e. The van der Waals surface area contributed by atoms with Crippen LogP contribution in [0.4, 0.5) is 5.69 Å². The van der Waals surface area contributed by atoms with Crippen molar-refractivity contribution in [1.29, 1.82) is 0 Å². The molecule has 28 heavy (non-hydrogen) atoms. The van der Waals surface area contributed by atoms with Crippen molar-refractivity contribution in [3.05, 3.63) is 84.1 Å². The molecule has 0 saturated carbocycles. The second kappa shape index (κ2) is 7.53. The smallest absolute Gasteiger partial charge is 0.371 e. The van der Waals surface area contributed by atoms with Gasteiger partial charge >= 0.3 is 5.97 Å². The first-order valence-corrected chi connectivity index (χ1v) is 9.54. The summed E-state index contributed by atoms with van der Waals surface area (Å²) in [7, 11) is -3.90. The minimum atomic E-state index is -3.90. The van der Waals surface area contributed by atoms with Crippen molar-refractivity contribution in [2.24, 2.45) is 0 Å². The minimum absolute atomic E-state index is 0.0199. The summed E-state index contributed by atoms with van der Waals surface area (Å²) in [5, 5.41) is 19.5. The molecule has 0 saturated heterocycles. The van der Waals surface area contributed by atoms with E-state index < -0.39 is 27.5 Å². The molecule has 0 fully saturated rings. The van der Waals surface area contributed by atoms with Gasteiger partial charge in [-0.05, 0) is 35.0 Å². The summed E-state index contributed by atoms with van der Waals surface area (Å²) in [5.41, 5.74) is 0.147. The van der Waals surface area contributed by atoms with Gasteiger partial charge in [-0.2, -0.15) is 0 Å². The van der Waals surface area contributed by atoms with Gasteiger partial charge in [0.2, 0.25) is 5.76 Å². The third-order valence-corrected chi connectivity index (χ3v) is 5.30. The molecular formula is C20H15NO6S. The van der Waals surface area contributed by atoms with Crippen LogP contribution in [0, 0.1) is 0 Å². The van der Waals surface area contributed by atoms with Crippen molar-refractivity contribution in [3.8, 4) is 0 Å². The molecule has 0 aliphatic heterocycles. The number of sulfonamides is 1. The number of nitrogens with one attached hydrogen (secondary N) is 1. The molecular weight excluding hydrogens is 382 g/mol. The van der Waals surface area contributed by atoms with E-state index in [1.807, 2.05) is 12.1 Å². The normalized spacial score (nSPS) is 11.9. The average Bonchev–Trinajstić information content (AvgIpc) is 2.67. The van der Waals surface area contributed by atoms with Crippen molar-refractivity contribution < 1.29 is 28.2 Å². The lowest BCUT2D eigenvalue weighted by molar-refractivity contribution is -0.135. The number of anilines is 1. The largest absolute Gasteiger partial charge is 0.502 e. The number of aliphatic carboxylic acids is 1. The van der Waals surface area contributed by atoms with E-state index in [2.05, 4.69) is 4.72 Å². The number of carbonyl (C=O) groups excluding carboxylic acids is 1. The quantitative estimate of drug-likeness (QED) is 0.333. The first-order chi connectivity index (χ1) is 13.3. The molecule has 3 rings (SSSR count). The van der Waals surface area contributed by atoms with Gasteiger partial charge in [0.1, 0.15) is 0 Å². The molecule has 142 valence electrons. The molecule has 7 nitrogen and oxygen atoms in total. The molecule has 3 aromatic rings. The van der Waals surface area contributed by atoms with Crippen LogP contribution in [0.3, 0.4) is 0 Å². The van der Waals surface area contributed by atoms with Crippen LogP contribution in [0.2, 0.25) is 0 Å². The van der Waals surface area contributed by atoms with Crippen LogP contribution in [0.15, 0.2) is 83.5 Å². The van der Waals surface area contributed by atoms with E-state index in [0.29, 0.717) is 6.08 Å². The van der Waals surface area contributed by atoms with Crippen molar-refractivity contribution in [1.82, 2.24) is 0 Å². The van der Waals surface area contributed by atoms with Crippen LogP contribution in [-0.4, -0.2) is 30.4 Å². The zero-order valence-corrected chi connectivity index (χ0v) is 15.2. The molecule has 0 aliphatic rings. The van der Waals surface area contributed by atoms with Crippen LogP contribution in [-0.2, 0) is 14.8 Å². The first kappa shape index (κ1) is 19.1. The van der Waals surface area contributed by atoms with E-state index in [-0.39, 0.29) is 16.1 Å². The predicted octanol–water partition coefficient (Wildman–Crippen LogP) is 3.35. The van der Waals surface area contributed by atoms with E-state index in [4.69, 9.17) is 5.11 Å². The molecule has 0 amide bonds. The lowest BCUT2D eigenvalue weighted by Crippen LogP contribution is -2.13. The molecule has 0 unspecified atom stereocenters. The fourth-order valence-electron chi connectivity index (χ4n) is 2.55. The Kier molecular flexibility index (Phi) is 5.14. The number of hydrogen-bond acceptors (Lipinski definition) is 5. The Hall–Kier alpha value is -3.65. The lowest BCUT2D eigenvalue weighted by Gasteiger charge is -2.10. The molecule has 0 bridgehead atoms. The monoisotopic (exact) mass is 397 g/mol. The molecule has 0 heterocycles. The number of rotatable bonds is 6. The fraction of sp³-hybridized carbons (Fsp3) is 0. The molecule has 8 heteroatoms. The van der Waals surface area contributed by atoms with Gasteiger partial charge < -0.3 is 10.2 Å². The Morgan fingerprint density at radius 3 is 2.29 bits per heavy atom. The van der Waals surface area contributed by atoms with Gasteiger partial charge in [0.25, 0.3) is 10.0 Å². The number of ketones is 1. The Morgan fingerprint density at radius 1 is 0.857 bits per heavy atom. The Balaban J connectivity index is 1.89. The molecule has 0 aliphatic carbocycles. The molecule has 3 aromatic carbocycles. The van der Waals surface area contributed by atoms with E-state index >= 15 is 0 Å². The number of aliphatic hydroxyl groups is 1. The van der Waals surface area contributed by atoms with Crippen LogP contribution in [0.25, 0.3) is 10.8 Å². The van der Waals surface area contributed by atoms with Gasteiger partial charge in [0.15, 0.2) is 5.78 Å². The summed E-state index contributed by atoms with van der Waals surface area (Å²) in [6, 6.07) is 17.6. The van der Waals surface area contributed by atoms with Crippen molar-refractivity contribution in [2.75, 3.05) is 4.72 Å². The Bertz CT molecular complexity index is 1210. The highest BCUT2D eigenvalue weighted by Gasteiger charge is 2.16. The van der Waals surface area contributed by atoms with Gasteiger partial charge in [0, 0.05) is 17.3 Å². The first-order valence-electron chi connectivity index (χ1n) is 8.06. The lowest BCUT2D eigenvalue weighted by atomic mass is 10.1. The van der Waals surface area contributed by atoms with Gasteiger partial charge in [-0.15, -0.1) is 0 Å². The SMILES string of the molecule is O=C(O)/C(O)=C\C(=O)c1cccc(NS(=O)(=O)c2ccc3ccccc3c2)c1.